The molecule has 0 radical (unpaired) electrons. The number of nitriles is 1. The molecule has 0 saturated heterocycles. The van der Waals surface area contributed by atoms with E-state index in [4.69, 9.17) is 9.68 Å². The summed E-state index contributed by atoms with van der Waals surface area (Å²) < 4.78 is 32.6. The molecule has 1 N–H and O–H groups in total. The van der Waals surface area contributed by atoms with Gasteiger partial charge in [0.2, 0.25) is 0 Å². The second-order valence-electron chi connectivity index (χ2n) is 6.21. The van der Waals surface area contributed by atoms with Crippen LogP contribution in [-0.2, 0) is 16.6 Å². The van der Waals surface area contributed by atoms with Crippen LogP contribution in [0.15, 0.2) is 82.3 Å². The second-order valence-corrected chi connectivity index (χ2v) is 7.89. The first kappa shape index (κ1) is 20.2. The zero-order chi connectivity index (χ0) is 20.7. The molecule has 8 heteroatoms. The van der Waals surface area contributed by atoms with Crippen molar-refractivity contribution in [3.8, 4) is 6.07 Å². The van der Waals surface area contributed by atoms with Crippen LogP contribution in [0.3, 0.4) is 0 Å². The minimum absolute atomic E-state index is 0.154. The fraction of sp³-hybridized carbons (Fsp3) is 0.143. The van der Waals surface area contributed by atoms with E-state index in [9.17, 15) is 13.2 Å². The number of carbonyl (C=O) groups excluding carboxylic acids is 1. The Morgan fingerprint density at radius 3 is 2.38 bits per heavy atom. The number of anilines is 1. The van der Waals surface area contributed by atoms with Gasteiger partial charge in [0.25, 0.3) is 15.9 Å². The number of amides is 1. The average Bonchev–Trinajstić information content (AvgIpc) is 3.25. The number of hydrogen-bond donors (Lipinski definition) is 1. The molecular formula is C21H19N3O4S. The van der Waals surface area contributed by atoms with Crippen molar-refractivity contribution in [3.05, 3.63) is 84.3 Å². The van der Waals surface area contributed by atoms with Gasteiger partial charge < -0.3 is 9.32 Å². The summed E-state index contributed by atoms with van der Waals surface area (Å²) in [5.74, 6) is 0.345. The molecule has 0 unspecified atom stereocenters. The maximum Gasteiger partial charge on any atom is 0.261 e. The number of hydrogen-bond acceptors (Lipinski definition) is 5. The summed E-state index contributed by atoms with van der Waals surface area (Å²) in [7, 11) is -3.70. The van der Waals surface area contributed by atoms with Crippen molar-refractivity contribution >= 4 is 21.6 Å². The Morgan fingerprint density at radius 2 is 1.76 bits per heavy atom. The lowest BCUT2D eigenvalue weighted by Gasteiger charge is -2.20. The van der Waals surface area contributed by atoms with Crippen LogP contribution in [0.5, 0.6) is 0 Å². The summed E-state index contributed by atoms with van der Waals surface area (Å²) in [6.45, 7) is 0.508. The first-order valence-electron chi connectivity index (χ1n) is 8.86. The van der Waals surface area contributed by atoms with E-state index in [-0.39, 0.29) is 30.3 Å². The van der Waals surface area contributed by atoms with E-state index in [1.54, 1.807) is 42.5 Å². The van der Waals surface area contributed by atoms with Crippen LogP contribution >= 0.6 is 0 Å². The Labute approximate surface area is 169 Å². The molecule has 29 heavy (non-hydrogen) atoms. The highest BCUT2D eigenvalue weighted by molar-refractivity contribution is 7.92. The van der Waals surface area contributed by atoms with Gasteiger partial charge in [0.1, 0.15) is 5.76 Å². The van der Waals surface area contributed by atoms with Crippen LogP contribution in [-0.4, -0.2) is 25.8 Å². The van der Waals surface area contributed by atoms with Gasteiger partial charge in [-0.15, -0.1) is 0 Å². The molecule has 0 atom stereocenters. The standard InChI is InChI=1S/C21H19N3O4S/c22-13-5-14-24(16-19-6-4-15-28-19)21(25)17-9-11-18(12-10-17)23-29(26,27)20-7-2-1-3-8-20/h1-4,6-12,15,23H,5,14,16H2. The summed E-state index contributed by atoms with van der Waals surface area (Å²) in [5.41, 5.74) is 0.733. The van der Waals surface area contributed by atoms with Crippen LogP contribution < -0.4 is 4.72 Å². The highest BCUT2D eigenvalue weighted by atomic mass is 32.2. The van der Waals surface area contributed by atoms with Crippen LogP contribution in [0.2, 0.25) is 0 Å². The molecule has 0 fully saturated rings. The molecular weight excluding hydrogens is 390 g/mol. The summed E-state index contributed by atoms with van der Waals surface area (Å²) in [4.78, 5) is 14.5. The van der Waals surface area contributed by atoms with E-state index in [0.29, 0.717) is 17.0 Å². The van der Waals surface area contributed by atoms with E-state index >= 15 is 0 Å². The predicted molar refractivity (Wildman–Crippen MR) is 107 cm³/mol. The summed E-state index contributed by atoms with van der Waals surface area (Å²) >= 11 is 0. The fourth-order valence-corrected chi connectivity index (χ4v) is 3.78. The molecule has 7 nitrogen and oxygen atoms in total. The van der Waals surface area contributed by atoms with Crippen LogP contribution in [0.4, 0.5) is 5.69 Å². The number of nitrogens with one attached hydrogen (secondary N) is 1. The van der Waals surface area contributed by atoms with Crippen molar-refractivity contribution in [1.29, 1.82) is 5.26 Å². The van der Waals surface area contributed by atoms with Gasteiger partial charge in [-0.25, -0.2) is 8.42 Å². The monoisotopic (exact) mass is 409 g/mol. The minimum Gasteiger partial charge on any atom is -0.467 e. The lowest BCUT2D eigenvalue weighted by molar-refractivity contribution is 0.0735. The van der Waals surface area contributed by atoms with Gasteiger partial charge in [-0.2, -0.15) is 5.26 Å². The zero-order valence-electron chi connectivity index (χ0n) is 15.5. The molecule has 3 rings (SSSR count). The lowest BCUT2D eigenvalue weighted by atomic mass is 10.1. The van der Waals surface area contributed by atoms with Gasteiger partial charge in [0.15, 0.2) is 0 Å². The number of rotatable bonds is 8. The maximum atomic E-state index is 12.8. The molecule has 0 aliphatic carbocycles. The molecule has 1 aromatic heterocycles. The van der Waals surface area contributed by atoms with Crippen LogP contribution in [0.1, 0.15) is 22.5 Å². The summed E-state index contributed by atoms with van der Waals surface area (Å²) in [5, 5.41) is 8.86. The Bertz CT molecular complexity index is 1090. The number of sulfonamides is 1. The van der Waals surface area contributed by atoms with E-state index in [1.165, 1.54) is 35.4 Å². The molecule has 2 aromatic carbocycles. The largest absolute Gasteiger partial charge is 0.467 e. The van der Waals surface area contributed by atoms with E-state index in [0.717, 1.165) is 0 Å². The topological polar surface area (TPSA) is 103 Å². The van der Waals surface area contributed by atoms with Crippen molar-refractivity contribution in [2.75, 3.05) is 11.3 Å². The summed E-state index contributed by atoms with van der Waals surface area (Å²) in [6, 6.07) is 19.7. The second kappa shape index (κ2) is 9.08. The minimum atomic E-state index is -3.70. The zero-order valence-corrected chi connectivity index (χ0v) is 16.3. The summed E-state index contributed by atoms with van der Waals surface area (Å²) in [6.07, 6.45) is 1.72. The van der Waals surface area contributed by atoms with Gasteiger partial charge in [-0.1, -0.05) is 18.2 Å². The van der Waals surface area contributed by atoms with E-state index in [2.05, 4.69) is 4.72 Å². The Morgan fingerprint density at radius 1 is 1.03 bits per heavy atom. The van der Waals surface area contributed by atoms with Gasteiger partial charge >= 0.3 is 0 Å². The highest BCUT2D eigenvalue weighted by Gasteiger charge is 2.18. The van der Waals surface area contributed by atoms with Gasteiger partial charge in [-0.05, 0) is 48.5 Å². The Hall–Kier alpha value is -3.57. The predicted octanol–water partition coefficient (Wildman–Crippen LogP) is 3.64. The van der Waals surface area contributed by atoms with Crippen LogP contribution in [0.25, 0.3) is 0 Å². The molecule has 0 spiro atoms. The maximum absolute atomic E-state index is 12.8. The third kappa shape index (κ3) is 5.24. The quantitative estimate of drug-likeness (QED) is 0.612. The third-order valence-electron chi connectivity index (χ3n) is 4.15. The average molecular weight is 409 g/mol. The molecule has 3 aromatic rings. The number of benzene rings is 2. The number of nitrogens with zero attached hydrogens (tertiary/aromatic N) is 2. The first-order valence-corrected chi connectivity index (χ1v) is 10.3. The van der Waals surface area contributed by atoms with Gasteiger partial charge in [0.05, 0.1) is 30.2 Å². The van der Waals surface area contributed by atoms with Crippen molar-refractivity contribution in [1.82, 2.24) is 4.90 Å². The van der Waals surface area contributed by atoms with Crippen molar-refractivity contribution < 1.29 is 17.6 Å². The molecule has 0 aliphatic heterocycles. The van der Waals surface area contributed by atoms with Crippen molar-refractivity contribution in [3.63, 3.8) is 0 Å². The third-order valence-corrected chi connectivity index (χ3v) is 5.54. The van der Waals surface area contributed by atoms with Crippen molar-refractivity contribution in [2.45, 2.75) is 17.9 Å². The molecule has 0 aliphatic rings. The number of carbonyl (C=O) groups is 1. The molecule has 1 heterocycles. The SMILES string of the molecule is N#CCCN(Cc1ccco1)C(=O)c1ccc(NS(=O)(=O)c2ccccc2)cc1. The highest BCUT2D eigenvalue weighted by Crippen LogP contribution is 2.18. The van der Waals surface area contributed by atoms with Gasteiger partial charge in [-0.3, -0.25) is 9.52 Å². The molecule has 0 bridgehead atoms. The smallest absolute Gasteiger partial charge is 0.261 e. The Kier molecular flexibility index (Phi) is 6.32. The van der Waals surface area contributed by atoms with E-state index in [1.807, 2.05) is 6.07 Å². The first-order chi connectivity index (χ1) is 14.0. The Balaban J connectivity index is 1.73. The lowest BCUT2D eigenvalue weighted by Crippen LogP contribution is -2.31. The molecule has 148 valence electrons. The van der Waals surface area contributed by atoms with Crippen LogP contribution in [0, 0.1) is 11.3 Å². The molecule has 1 amide bonds. The number of furan rings is 1. The molecule has 0 saturated carbocycles. The normalized spacial score (nSPS) is 10.9. The van der Waals surface area contributed by atoms with Gasteiger partial charge in [0, 0.05) is 17.8 Å². The van der Waals surface area contributed by atoms with Crippen molar-refractivity contribution in [2.24, 2.45) is 0 Å². The fourth-order valence-electron chi connectivity index (χ4n) is 2.71. The van der Waals surface area contributed by atoms with E-state index < -0.39 is 10.0 Å².